The predicted octanol–water partition coefficient (Wildman–Crippen LogP) is 8.23. The Bertz CT molecular complexity index is 1040. The second-order valence-electron chi connectivity index (χ2n) is 8.02. The van der Waals surface area contributed by atoms with Crippen LogP contribution >= 0.6 is 46.8 Å². The summed E-state index contributed by atoms with van der Waals surface area (Å²) in [6.07, 6.45) is 2.17. The van der Waals surface area contributed by atoms with Gasteiger partial charge in [-0.2, -0.15) is 0 Å². The van der Waals surface area contributed by atoms with Crippen molar-refractivity contribution < 1.29 is 10.5 Å². The lowest BCUT2D eigenvalue weighted by Crippen LogP contribution is -2.41. The quantitative estimate of drug-likeness (QED) is 0.172. The molecule has 2 atom stereocenters. The molecule has 0 spiro atoms. The Balaban J connectivity index is 0.00000149. The third-order valence-corrected chi connectivity index (χ3v) is 7.33. The SMILES string of the molecule is Cc1cccc(SNCC2CCC(c3ccc(Cl)cc3Cl)N(c3ccc(Cl)cc3)C2)c1.OO. The second kappa shape index (κ2) is 12.9. The average Bonchev–Trinajstić information content (AvgIpc) is 2.81. The number of halogens is 3. The molecule has 1 aliphatic rings. The number of hydrogen-bond acceptors (Lipinski definition) is 5. The lowest BCUT2D eigenvalue weighted by Gasteiger charge is -2.42. The highest BCUT2D eigenvalue weighted by Crippen LogP contribution is 2.40. The molecule has 176 valence electrons. The Morgan fingerprint density at radius 3 is 2.36 bits per heavy atom. The lowest BCUT2D eigenvalue weighted by atomic mass is 9.88. The summed E-state index contributed by atoms with van der Waals surface area (Å²) in [6, 6.07) is 22.7. The van der Waals surface area contributed by atoms with Gasteiger partial charge in [-0.05, 0) is 97.3 Å². The molecule has 8 heteroatoms. The van der Waals surface area contributed by atoms with E-state index in [2.05, 4.69) is 59.0 Å². The van der Waals surface area contributed by atoms with Crippen LogP contribution < -0.4 is 9.62 Å². The Morgan fingerprint density at radius 1 is 0.939 bits per heavy atom. The van der Waals surface area contributed by atoms with Crippen LogP contribution in [0, 0.1) is 12.8 Å². The van der Waals surface area contributed by atoms with E-state index < -0.39 is 0 Å². The van der Waals surface area contributed by atoms with E-state index >= 15 is 0 Å². The van der Waals surface area contributed by atoms with Crippen molar-refractivity contribution in [2.45, 2.75) is 30.7 Å². The number of benzene rings is 3. The fourth-order valence-corrected chi connectivity index (χ4v) is 5.69. The summed E-state index contributed by atoms with van der Waals surface area (Å²) in [5.41, 5.74) is 3.57. The predicted molar refractivity (Wildman–Crippen MR) is 141 cm³/mol. The van der Waals surface area contributed by atoms with E-state index in [0.717, 1.165) is 47.2 Å². The first-order valence-electron chi connectivity index (χ1n) is 10.6. The summed E-state index contributed by atoms with van der Waals surface area (Å²) >= 11 is 20.6. The third kappa shape index (κ3) is 7.27. The van der Waals surface area contributed by atoms with Crippen LogP contribution in [0.5, 0.6) is 0 Å². The fourth-order valence-electron chi connectivity index (χ4n) is 4.15. The number of rotatable bonds is 6. The molecular weight excluding hydrogens is 499 g/mol. The van der Waals surface area contributed by atoms with Crippen molar-refractivity contribution >= 4 is 52.4 Å². The van der Waals surface area contributed by atoms with Gasteiger partial charge in [0, 0.05) is 38.7 Å². The number of nitrogens with zero attached hydrogens (tertiary/aromatic N) is 1. The van der Waals surface area contributed by atoms with E-state index in [1.165, 1.54) is 10.5 Å². The summed E-state index contributed by atoms with van der Waals surface area (Å²) in [6.45, 7) is 4.02. The van der Waals surface area contributed by atoms with E-state index in [9.17, 15) is 0 Å². The maximum atomic E-state index is 6.59. The molecule has 4 rings (SSSR count). The summed E-state index contributed by atoms with van der Waals surface area (Å²) in [7, 11) is 0. The van der Waals surface area contributed by atoms with Crippen LogP contribution in [-0.2, 0) is 0 Å². The molecule has 0 aliphatic carbocycles. The monoisotopic (exact) mass is 524 g/mol. The number of hydrogen-bond donors (Lipinski definition) is 3. The molecule has 3 aromatic carbocycles. The van der Waals surface area contributed by atoms with E-state index in [4.69, 9.17) is 45.3 Å². The molecule has 1 saturated heterocycles. The number of piperidine rings is 1. The highest BCUT2D eigenvalue weighted by atomic mass is 35.5. The maximum Gasteiger partial charge on any atom is 0.0557 e. The van der Waals surface area contributed by atoms with Crippen molar-refractivity contribution in [2.24, 2.45) is 5.92 Å². The molecule has 3 N–H and O–H groups in total. The zero-order valence-corrected chi connectivity index (χ0v) is 21.3. The summed E-state index contributed by atoms with van der Waals surface area (Å²) in [5.74, 6) is 0.537. The second-order valence-corrected chi connectivity index (χ2v) is 10.3. The van der Waals surface area contributed by atoms with Gasteiger partial charge in [-0.1, -0.05) is 53.0 Å². The number of anilines is 1. The summed E-state index contributed by atoms with van der Waals surface area (Å²) in [4.78, 5) is 3.70. The van der Waals surface area contributed by atoms with Gasteiger partial charge in [0.25, 0.3) is 0 Å². The van der Waals surface area contributed by atoms with E-state index in [0.29, 0.717) is 10.9 Å². The van der Waals surface area contributed by atoms with E-state index in [-0.39, 0.29) is 6.04 Å². The van der Waals surface area contributed by atoms with Crippen LogP contribution in [0.4, 0.5) is 5.69 Å². The molecular formula is C25H27Cl3N2O2S. The lowest BCUT2D eigenvalue weighted by molar-refractivity contribution is -0.176. The van der Waals surface area contributed by atoms with Gasteiger partial charge in [-0.15, -0.1) is 0 Å². The van der Waals surface area contributed by atoms with Crippen molar-refractivity contribution in [2.75, 3.05) is 18.0 Å². The molecule has 0 radical (unpaired) electrons. The first-order chi connectivity index (χ1) is 16.0. The van der Waals surface area contributed by atoms with Gasteiger partial charge in [0.05, 0.1) is 6.04 Å². The molecule has 0 saturated carbocycles. The zero-order chi connectivity index (χ0) is 23.8. The fraction of sp³-hybridized carbons (Fsp3) is 0.280. The van der Waals surface area contributed by atoms with Crippen molar-refractivity contribution in [1.29, 1.82) is 0 Å². The smallest absolute Gasteiger partial charge is 0.0557 e. The minimum atomic E-state index is 0.214. The molecule has 4 nitrogen and oxygen atoms in total. The van der Waals surface area contributed by atoms with Crippen LogP contribution in [0.15, 0.2) is 71.6 Å². The van der Waals surface area contributed by atoms with Crippen LogP contribution in [-0.4, -0.2) is 23.6 Å². The summed E-state index contributed by atoms with van der Waals surface area (Å²) in [5, 5.41) is 14.1. The van der Waals surface area contributed by atoms with Gasteiger partial charge in [0.1, 0.15) is 0 Å². The maximum absolute atomic E-state index is 6.59. The minimum Gasteiger partial charge on any atom is -0.364 e. The topological polar surface area (TPSA) is 55.7 Å². The van der Waals surface area contributed by atoms with Gasteiger partial charge in [-0.3, -0.25) is 15.2 Å². The average molecular weight is 526 g/mol. The van der Waals surface area contributed by atoms with Gasteiger partial charge < -0.3 is 4.90 Å². The largest absolute Gasteiger partial charge is 0.364 e. The highest BCUT2D eigenvalue weighted by Gasteiger charge is 2.30. The highest BCUT2D eigenvalue weighted by molar-refractivity contribution is 7.97. The Morgan fingerprint density at radius 2 is 1.67 bits per heavy atom. The molecule has 3 aromatic rings. The standard InChI is InChI=1S/C25H25Cl3N2S.H2O2/c1-17-3-2-4-22(13-17)31-29-15-18-5-12-25(23-11-8-20(27)14-24(23)28)30(16-18)21-9-6-19(26)7-10-21;1-2/h2-4,6-11,13-14,18,25,29H,5,12,15-16H2,1H3;1-2H. The van der Waals surface area contributed by atoms with Gasteiger partial charge in [0.2, 0.25) is 0 Å². The molecule has 33 heavy (non-hydrogen) atoms. The van der Waals surface area contributed by atoms with Crippen LogP contribution in [0.2, 0.25) is 15.1 Å². The zero-order valence-electron chi connectivity index (χ0n) is 18.2. The van der Waals surface area contributed by atoms with Crippen LogP contribution in [0.3, 0.4) is 0 Å². The normalized spacial score (nSPS) is 17.9. The minimum absolute atomic E-state index is 0.214. The third-order valence-electron chi connectivity index (χ3n) is 5.71. The molecule has 0 amide bonds. The Labute approximate surface area is 214 Å². The van der Waals surface area contributed by atoms with Crippen molar-refractivity contribution in [1.82, 2.24) is 4.72 Å². The van der Waals surface area contributed by atoms with E-state index in [1.54, 1.807) is 11.9 Å². The Kier molecular flexibility index (Phi) is 10.2. The molecule has 0 bridgehead atoms. The van der Waals surface area contributed by atoms with Gasteiger partial charge >= 0.3 is 0 Å². The first kappa shape index (κ1) is 26.2. The molecule has 2 unspecified atom stereocenters. The van der Waals surface area contributed by atoms with Crippen LogP contribution in [0.1, 0.15) is 30.0 Å². The molecule has 1 heterocycles. The van der Waals surface area contributed by atoms with Crippen molar-refractivity contribution in [3.05, 3.63) is 92.9 Å². The molecule has 1 fully saturated rings. The first-order valence-corrected chi connectivity index (χ1v) is 12.6. The number of nitrogens with one attached hydrogen (secondary N) is 1. The van der Waals surface area contributed by atoms with Crippen LogP contribution in [0.25, 0.3) is 0 Å². The van der Waals surface area contributed by atoms with Gasteiger partial charge in [-0.25, -0.2) is 0 Å². The van der Waals surface area contributed by atoms with Crippen molar-refractivity contribution in [3.8, 4) is 0 Å². The molecule has 0 aromatic heterocycles. The van der Waals surface area contributed by atoms with Crippen molar-refractivity contribution in [3.63, 3.8) is 0 Å². The van der Waals surface area contributed by atoms with E-state index in [1.807, 2.05) is 24.3 Å². The number of aryl methyl sites for hydroxylation is 1. The molecule has 1 aliphatic heterocycles. The summed E-state index contributed by atoms with van der Waals surface area (Å²) < 4.78 is 3.58. The van der Waals surface area contributed by atoms with Gasteiger partial charge in [0.15, 0.2) is 0 Å². The Hall–Kier alpha value is -1.44.